The molecule has 0 radical (unpaired) electrons. The minimum atomic E-state index is -1.75. The van der Waals surface area contributed by atoms with Crippen LogP contribution in [0.5, 0.6) is 0 Å². The van der Waals surface area contributed by atoms with E-state index in [1.807, 2.05) is 0 Å². The second-order valence-electron chi connectivity index (χ2n) is 56.6. The summed E-state index contributed by atoms with van der Waals surface area (Å²) in [5.41, 5.74) is 31.3. The number of ether oxygens (including phenoxy) is 2. The molecule has 2 atom stereocenters. The van der Waals surface area contributed by atoms with E-state index < -0.39 is 170 Å². The number of hydrogen-bond donors (Lipinski definition) is 4. The quantitative estimate of drug-likeness (QED) is 0.0153. The summed E-state index contributed by atoms with van der Waals surface area (Å²) in [4.78, 5) is 13.9. The molecule has 0 heterocycles. The molecule has 31 heteroatoms. The van der Waals surface area contributed by atoms with Crippen LogP contribution in [0, 0.1) is 22.3 Å². The van der Waals surface area contributed by atoms with Crippen LogP contribution in [0.2, 0.25) is 395 Å². The Kier molecular flexibility index (Phi) is 47.8. The molecule has 1 aliphatic rings. The topological polar surface area (TPSA) is 162 Å². The molecule has 0 aromatic rings. The summed E-state index contributed by atoms with van der Waals surface area (Å²) in [7, 11) is -28.6. The molecular weight excluding hydrogens is 1740 g/mol. The number of hydrogen-bond acceptors (Lipinski definition) is 10. The first-order valence-electron chi connectivity index (χ1n) is 45.9. The number of rotatable bonds is 53. The van der Waals surface area contributed by atoms with Crippen molar-refractivity contribution in [2.75, 3.05) is 46.2 Å². The molecule has 0 amide bonds. The zero-order valence-electron chi connectivity index (χ0n) is 85.7. The predicted molar refractivity (Wildman–Crippen MR) is 577 cm³/mol. The molecule has 0 saturated heterocycles. The van der Waals surface area contributed by atoms with Gasteiger partial charge < -0.3 is 34.0 Å². The highest BCUT2D eigenvalue weighted by molar-refractivity contribution is 7.16. The van der Waals surface area contributed by atoms with E-state index in [1.54, 1.807) is 114 Å². The number of aliphatic imine (C=N–C) groups is 1. The largest absolute Gasteiger partial charge is 0.456 e. The first kappa shape index (κ1) is 119. The van der Waals surface area contributed by atoms with E-state index in [1.165, 1.54) is 11.7 Å². The van der Waals surface area contributed by atoms with Crippen molar-refractivity contribution in [2.45, 2.75) is 454 Å². The van der Waals surface area contributed by atoms with E-state index in [0.29, 0.717) is 33.0 Å². The minimum Gasteiger partial charge on any atom is -0.456 e. The zero-order chi connectivity index (χ0) is 90.7. The van der Waals surface area contributed by atoms with Gasteiger partial charge in [-0.1, -0.05) is 378 Å². The highest BCUT2D eigenvalue weighted by atomic mass is 28.5. The summed E-state index contributed by atoms with van der Waals surface area (Å²) in [6.45, 7) is 126. The molecule has 1 aliphatic carbocycles. The number of isocyanates is 1. The third kappa shape index (κ3) is 57.6. The second kappa shape index (κ2) is 45.8. The Balaban J connectivity index is 0. The van der Waals surface area contributed by atoms with Gasteiger partial charge in [0.05, 0.1) is 33.0 Å². The average Bonchev–Trinajstić information content (AvgIpc) is 0.807. The SMILES string of the molecule is CC1(C)CC(OC#N)CC(C)(CN=C=O)C1.C[Si](C)(CCCO)C[Si](C)(C)C[Si](C)(C)C[Si](C)(C)C[Si](C)(C)C[Si](C)(C)C[Si](C)(C)C[Si](C)(C)C[Si](C)(C)C[Si](C)(C)C[Si](C)(C)C[Si](C)(C)C[Si](C)(C)C[Si](C)(C)C[Si](C)(C)C[Si](C)(C)C[Si](C)(C)C[Si](C)(C)C[Si](C)(C)C[Si](C)(C)O[Si](C)(C)CCCO.OCCOCCO. The zero-order valence-corrected chi connectivity index (χ0v) is 107. The third-order valence-corrected chi connectivity index (χ3v) is 177. The van der Waals surface area contributed by atoms with E-state index in [2.05, 4.69) is 305 Å². The number of aliphatic hydroxyl groups excluding tert-OH is 4. The number of carbonyl (C=O) groups excluding carboxylic acids is 1. The van der Waals surface area contributed by atoms with Crippen LogP contribution in [0.3, 0.4) is 0 Å². The fourth-order valence-electron chi connectivity index (χ4n) is 30.9. The highest BCUT2D eigenvalue weighted by Gasteiger charge is 2.51. The Labute approximate surface area is 735 Å². The number of aliphatic hydroxyl groups is 4. The maximum absolute atomic E-state index is 10.2. The summed E-state index contributed by atoms with van der Waals surface area (Å²) >= 11 is 0. The Bertz CT molecular complexity index is 2760. The van der Waals surface area contributed by atoms with Crippen LogP contribution in [-0.2, 0) is 18.4 Å². The van der Waals surface area contributed by atoms with Gasteiger partial charge in [-0.3, -0.25) is 0 Å². The summed E-state index contributed by atoms with van der Waals surface area (Å²) in [6, 6.07) is 2.41. The minimum absolute atomic E-state index is 0.0278. The lowest BCUT2D eigenvalue weighted by Crippen LogP contribution is -2.54. The molecule has 114 heavy (non-hydrogen) atoms. The van der Waals surface area contributed by atoms with E-state index >= 15 is 0 Å². The fraction of sp³-hybridized carbons (Fsp3) is 0.976. The Morgan fingerprint density at radius 3 is 0.746 bits per heavy atom. The molecule has 10 nitrogen and oxygen atoms in total. The Morgan fingerprint density at radius 1 is 0.316 bits per heavy atom. The van der Waals surface area contributed by atoms with Gasteiger partial charge in [0, 0.05) is 167 Å². The van der Waals surface area contributed by atoms with Gasteiger partial charge in [-0.2, -0.15) is 5.26 Å². The molecule has 0 aliphatic heterocycles. The standard InChI is InChI=1S/C67H178O3Si21.C12H18N2O2.C4H10O3/c1-71(2,47-43-45-68)49-72(3,4)50-73(5,6)51-74(7,8)52-75(9,10)53-76(11,12)54-77(13,14)55-78(15,16)56-79(17,18)57-80(19,20)58-81(21,22)59-82(23,24)60-83(25,26)61-84(27,28)62-85(29,30)63-86(31,32)64-87(33,34)65-88(35,36)66-89(37,38)67-91(41,42)70-90(39,40)48-44-46-69;1-11(2)4-10(16-8-13)5-12(3,6-11)7-14-9-15;5-1-3-7-4-2-6/h68-69H,43-67H2,1-42H3;10H,4-7H2,1-3H3;5-6H,1-4H2. The molecule has 1 rings (SSSR count). The summed E-state index contributed by atoms with van der Waals surface area (Å²) in [6.07, 6.45) is 7.85. The lowest BCUT2D eigenvalue weighted by molar-refractivity contribution is -0.00682. The van der Waals surface area contributed by atoms with Crippen LogP contribution < -0.4 is 0 Å². The lowest BCUT2D eigenvalue weighted by Gasteiger charge is -2.45. The van der Waals surface area contributed by atoms with Gasteiger partial charge >= 0.3 is 0 Å². The van der Waals surface area contributed by atoms with Gasteiger partial charge in [-0.05, 0) is 80.8 Å². The van der Waals surface area contributed by atoms with Crippen molar-refractivity contribution >= 4 is 176 Å². The molecule has 0 bridgehead atoms. The first-order valence-corrected chi connectivity index (χ1v) is 117. The molecule has 1 saturated carbocycles. The third-order valence-electron chi connectivity index (χ3n) is 24.3. The van der Waals surface area contributed by atoms with E-state index in [9.17, 15) is 15.0 Å². The van der Waals surface area contributed by atoms with Crippen LogP contribution >= 0.6 is 0 Å². The number of nitriles is 1. The van der Waals surface area contributed by atoms with Crippen LogP contribution in [0.4, 0.5) is 0 Å². The van der Waals surface area contributed by atoms with Crippen LogP contribution in [0.25, 0.3) is 0 Å². The van der Waals surface area contributed by atoms with Crippen molar-refractivity contribution in [3.63, 3.8) is 0 Å². The molecule has 4 N–H and O–H groups in total. The molecule has 2 unspecified atom stereocenters. The highest BCUT2D eigenvalue weighted by Crippen LogP contribution is 2.49. The molecule has 0 spiro atoms. The molecular formula is C83H206N2O8Si21. The molecule has 0 aromatic carbocycles. The van der Waals surface area contributed by atoms with Crippen molar-refractivity contribution in [1.29, 1.82) is 5.26 Å². The van der Waals surface area contributed by atoms with Crippen LogP contribution in [-0.4, -0.2) is 249 Å². The van der Waals surface area contributed by atoms with Gasteiger partial charge in [0.1, 0.15) is 6.10 Å². The van der Waals surface area contributed by atoms with E-state index in [0.717, 1.165) is 38.1 Å². The molecule has 1 fully saturated rings. The van der Waals surface area contributed by atoms with Crippen molar-refractivity contribution in [3.8, 4) is 6.26 Å². The molecule has 680 valence electrons. The maximum Gasteiger partial charge on any atom is 0.286 e. The van der Waals surface area contributed by atoms with Crippen molar-refractivity contribution in [1.82, 2.24) is 0 Å². The summed E-state index contributed by atoms with van der Waals surface area (Å²) in [5, 5.41) is 43.9. The second-order valence-corrected chi connectivity index (χ2v) is 175. The van der Waals surface area contributed by atoms with Gasteiger partial charge in [0.25, 0.3) is 6.26 Å². The van der Waals surface area contributed by atoms with Crippen LogP contribution in [0.1, 0.15) is 52.9 Å². The monoisotopic (exact) mass is 1950 g/mol. The lowest BCUT2D eigenvalue weighted by atomic mass is 9.63. The summed E-state index contributed by atoms with van der Waals surface area (Å²) < 4.78 is 16.8. The molecule has 0 aromatic heterocycles. The first-order chi connectivity index (χ1) is 50.1. The van der Waals surface area contributed by atoms with Crippen molar-refractivity contribution in [3.05, 3.63) is 0 Å². The van der Waals surface area contributed by atoms with Crippen LogP contribution in [0.15, 0.2) is 4.99 Å². The van der Waals surface area contributed by atoms with Gasteiger partial charge in [0.15, 0.2) is 16.6 Å². The predicted octanol–water partition coefficient (Wildman–Crippen LogP) is 27.3. The Morgan fingerprint density at radius 2 is 0.535 bits per heavy atom. The van der Waals surface area contributed by atoms with Gasteiger partial charge in [-0.25, -0.2) is 9.79 Å². The number of nitrogens with zero attached hydrogens (tertiary/aromatic N) is 2. The summed E-state index contributed by atoms with van der Waals surface area (Å²) in [5.74, 6) is 0. The van der Waals surface area contributed by atoms with Crippen molar-refractivity contribution < 1.29 is 38.8 Å². The Hall–Kier alpha value is 2.98. The smallest absolute Gasteiger partial charge is 0.286 e. The maximum atomic E-state index is 10.2. The van der Waals surface area contributed by atoms with Crippen molar-refractivity contribution in [2.24, 2.45) is 15.8 Å². The normalized spacial score (nSPS) is 17.8. The van der Waals surface area contributed by atoms with Gasteiger partial charge in [0.2, 0.25) is 6.08 Å². The van der Waals surface area contributed by atoms with E-state index in [4.69, 9.17) is 24.3 Å². The van der Waals surface area contributed by atoms with E-state index in [-0.39, 0.29) is 30.1 Å². The average molecular weight is 1950 g/mol. The fourth-order valence-corrected chi connectivity index (χ4v) is 266. The van der Waals surface area contributed by atoms with Gasteiger partial charge in [-0.15, -0.1) is 0 Å².